The van der Waals surface area contributed by atoms with Crippen molar-refractivity contribution in [2.45, 2.75) is 50.5 Å². The third kappa shape index (κ3) is 5.48. The molecule has 6 rings (SSSR count). The molecule has 3 fully saturated rings. The van der Waals surface area contributed by atoms with Crippen molar-refractivity contribution in [3.05, 3.63) is 65.4 Å². The summed E-state index contributed by atoms with van der Waals surface area (Å²) in [5.41, 5.74) is -2.35. The summed E-state index contributed by atoms with van der Waals surface area (Å²) in [5, 5.41) is 3.06. The van der Waals surface area contributed by atoms with Gasteiger partial charge in [0.25, 0.3) is 0 Å². The first-order valence-corrected chi connectivity index (χ1v) is 13.2. The van der Waals surface area contributed by atoms with Crippen LogP contribution in [-0.2, 0) is 17.1 Å². The van der Waals surface area contributed by atoms with Crippen LogP contribution in [0, 0.1) is 11.8 Å². The van der Waals surface area contributed by atoms with Gasteiger partial charge in [0, 0.05) is 29.9 Å². The number of halogens is 6. The fourth-order valence-corrected chi connectivity index (χ4v) is 6.30. The SMILES string of the molecule is CC[C@H]1CN2CC[C@H]1C[C@@H]2C(C(=O)Nc1cc(C(F)(F)F)cc(C(F)(F)F)c1)c1ccnc2ccc(OC)cc12. The van der Waals surface area contributed by atoms with E-state index >= 15 is 0 Å². The van der Waals surface area contributed by atoms with Crippen molar-refractivity contribution < 1.29 is 35.9 Å². The van der Waals surface area contributed by atoms with Crippen LogP contribution in [0.2, 0.25) is 0 Å². The Morgan fingerprint density at radius 3 is 2.35 bits per heavy atom. The van der Waals surface area contributed by atoms with Crippen LogP contribution in [0.3, 0.4) is 0 Å². The topological polar surface area (TPSA) is 54.5 Å². The van der Waals surface area contributed by atoms with E-state index in [9.17, 15) is 31.1 Å². The maximum atomic E-state index is 14.0. The number of methoxy groups -OCH3 is 1. The zero-order valence-corrected chi connectivity index (χ0v) is 21.9. The molecule has 4 heterocycles. The number of fused-ring (bicyclic) bond motifs is 4. The molecule has 2 bridgehead atoms. The zero-order chi connectivity index (χ0) is 28.8. The Balaban J connectivity index is 1.60. The first-order chi connectivity index (χ1) is 18.9. The number of hydrogen-bond acceptors (Lipinski definition) is 4. The lowest BCUT2D eigenvalue weighted by Crippen LogP contribution is -2.56. The fourth-order valence-electron chi connectivity index (χ4n) is 6.30. The van der Waals surface area contributed by atoms with Crippen molar-refractivity contribution in [1.82, 2.24) is 9.88 Å². The highest BCUT2D eigenvalue weighted by Crippen LogP contribution is 2.45. The molecule has 5 atom stereocenters. The van der Waals surface area contributed by atoms with Crippen molar-refractivity contribution in [3.63, 3.8) is 0 Å². The number of benzene rings is 2. The Labute approximate surface area is 227 Å². The number of nitrogens with one attached hydrogen (secondary N) is 1. The first kappa shape index (κ1) is 28.2. The van der Waals surface area contributed by atoms with E-state index in [1.807, 2.05) is 0 Å². The Morgan fingerprint density at radius 1 is 1.07 bits per heavy atom. The minimum atomic E-state index is -5.03. The molecule has 11 heteroatoms. The van der Waals surface area contributed by atoms with Crippen LogP contribution in [-0.4, -0.2) is 42.0 Å². The van der Waals surface area contributed by atoms with E-state index in [0.29, 0.717) is 52.6 Å². The van der Waals surface area contributed by atoms with Gasteiger partial charge in [0.05, 0.1) is 29.7 Å². The molecule has 0 saturated carbocycles. The third-order valence-corrected chi connectivity index (χ3v) is 8.30. The largest absolute Gasteiger partial charge is 0.497 e. The van der Waals surface area contributed by atoms with Crippen molar-refractivity contribution in [3.8, 4) is 5.75 Å². The molecule has 3 aliphatic heterocycles. The molecular weight excluding hydrogens is 536 g/mol. The molecule has 2 aromatic carbocycles. The third-order valence-electron chi connectivity index (χ3n) is 8.30. The summed E-state index contributed by atoms with van der Waals surface area (Å²) in [6.45, 7) is 3.67. The van der Waals surface area contributed by atoms with Gasteiger partial charge < -0.3 is 10.1 Å². The Kier molecular flexibility index (Phi) is 7.45. The minimum absolute atomic E-state index is 0.0481. The van der Waals surface area contributed by atoms with Gasteiger partial charge in [-0.3, -0.25) is 14.7 Å². The number of piperidine rings is 3. The highest BCUT2D eigenvalue weighted by Gasteiger charge is 2.45. The highest BCUT2D eigenvalue weighted by atomic mass is 19.4. The van der Waals surface area contributed by atoms with Crippen LogP contribution < -0.4 is 10.1 Å². The van der Waals surface area contributed by atoms with Gasteiger partial charge in [-0.15, -0.1) is 0 Å². The van der Waals surface area contributed by atoms with Gasteiger partial charge in [0.1, 0.15) is 5.75 Å². The molecular formula is C29H29F6N3O2. The van der Waals surface area contributed by atoms with Crippen LogP contribution in [0.4, 0.5) is 32.0 Å². The van der Waals surface area contributed by atoms with Gasteiger partial charge in [-0.25, -0.2) is 0 Å². The van der Waals surface area contributed by atoms with Crippen molar-refractivity contribution in [2.75, 3.05) is 25.5 Å². The van der Waals surface area contributed by atoms with Gasteiger partial charge >= 0.3 is 12.4 Å². The van der Waals surface area contributed by atoms with Crippen LogP contribution in [0.1, 0.15) is 48.8 Å². The number of aromatic nitrogens is 1. The molecule has 5 nitrogen and oxygen atoms in total. The van der Waals surface area contributed by atoms with Crippen molar-refractivity contribution in [1.29, 1.82) is 0 Å². The standard InChI is InChI=1S/C29H29F6N3O2/c1-3-16-15-38-9-7-17(16)10-25(38)26(22-6-8-36-24-5-4-21(40-2)14-23(22)24)27(39)37-20-12-18(28(30,31)32)11-19(13-20)29(33,34)35/h4-6,8,11-14,16-17,25-26H,3,7,9-10,15H2,1-2H3,(H,37,39)/t16-,17-,25+,26?/m0/s1. The number of rotatable bonds is 6. The number of alkyl halides is 6. The molecule has 3 saturated heterocycles. The summed E-state index contributed by atoms with van der Waals surface area (Å²) in [5.74, 6) is -0.162. The number of anilines is 1. The summed E-state index contributed by atoms with van der Waals surface area (Å²) in [6, 6.07) is 7.76. The van der Waals surface area contributed by atoms with Gasteiger partial charge in [-0.05, 0) is 79.3 Å². The predicted octanol–water partition coefficient (Wildman–Crippen LogP) is 7.12. The second-order valence-electron chi connectivity index (χ2n) is 10.6. The monoisotopic (exact) mass is 565 g/mol. The number of amides is 1. The molecule has 1 aromatic heterocycles. The van der Waals surface area contributed by atoms with Crippen LogP contribution in [0.5, 0.6) is 5.75 Å². The smallest absolute Gasteiger partial charge is 0.416 e. The summed E-state index contributed by atoms with van der Waals surface area (Å²) in [7, 11) is 1.50. The number of carbonyl (C=O) groups is 1. The van der Waals surface area contributed by atoms with E-state index < -0.39 is 41.0 Å². The number of pyridine rings is 1. The van der Waals surface area contributed by atoms with Crippen LogP contribution in [0.25, 0.3) is 10.9 Å². The predicted molar refractivity (Wildman–Crippen MR) is 138 cm³/mol. The maximum absolute atomic E-state index is 14.0. The Bertz CT molecular complexity index is 1370. The Morgan fingerprint density at radius 2 is 1.77 bits per heavy atom. The van der Waals surface area contributed by atoms with E-state index in [2.05, 4.69) is 22.1 Å². The molecule has 3 aliphatic rings. The van der Waals surface area contributed by atoms with E-state index in [1.54, 1.807) is 30.5 Å². The maximum Gasteiger partial charge on any atom is 0.416 e. The second kappa shape index (κ2) is 10.6. The fraction of sp³-hybridized carbons (Fsp3) is 0.448. The zero-order valence-electron chi connectivity index (χ0n) is 21.9. The number of nitrogens with zero attached hydrogens (tertiary/aromatic N) is 2. The minimum Gasteiger partial charge on any atom is -0.497 e. The highest BCUT2D eigenvalue weighted by molar-refractivity contribution is 6.00. The lowest BCUT2D eigenvalue weighted by Gasteiger charge is -2.52. The molecule has 214 valence electrons. The van der Waals surface area contributed by atoms with Crippen LogP contribution in [0.15, 0.2) is 48.7 Å². The van der Waals surface area contributed by atoms with Crippen molar-refractivity contribution >= 4 is 22.5 Å². The lowest BCUT2D eigenvalue weighted by atomic mass is 9.70. The number of carbonyl (C=O) groups excluding carboxylic acids is 1. The average molecular weight is 566 g/mol. The molecule has 0 radical (unpaired) electrons. The quantitative estimate of drug-likeness (QED) is 0.324. The lowest BCUT2D eigenvalue weighted by molar-refractivity contribution is -0.143. The molecule has 1 N–H and O–H groups in total. The van der Waals surface area contributed by atoms with Crippen LogP contribution >= 0.6 is 0 Å². The Hall–Kier alpha value is -3.34. The van der Waals surface area contributed by atoms with E-state index in [-0.39, 0.29) is 12.1 Å². The van der Waals surface area contributed by atoms with Gasteiger partial charge in [-0.1, -0.05) is 13.3 Å². The van der Waals surface area contributed by atoms with Gasteiger partial charge in [-0.2, -0.15) is 26.3 Å². The van der Waals surface area contributed by atoms with E-state index in [1.165, 1.54) is 7.11 Å². The molecule has 0 aliphatic carbocycles. The normalized spacial score (nSPS) is 23.7. The van der Waals surface area contributed by atoms with E-state index in [4.69, 9.17) is 4.74 Å². The number of ether oxygens (including phenoxy) is 1. The van der Waals surface area contributed by atoms with E-state index in [0.717, 1.165) is 25.9 Å². The molecule has 1 amide bonds. The molecule has 40 heavy (non-hydrogen) atoms. The van der Waals surface area contributed by atoms with Crippen molar-refractivity contribution in [2.24, 2.45) is 11.8 Å². The second-order valence-corrected chi connectivity index (χ2v) is 10.6. The number of hydrogen-bond donors (Lipinski definition) is 1. The molecule has 0 spiro atoms. The summed E-state index contributed by atoms with van der Waals surface area (Å²) in [4.78, 5) is 20.6. The van der Waals surface area contributed by atoms with Gasteiger partial charge in [0.15, 0.2) is 0 Å². The summed E-state index contributed by atoms with van der Waals surface area (Å²) in [6.07, 6.45) is -5.83. The molecule has 2 unspecified atom stereocenters. The average Bonchev–Trinajstić information content (AvgIpc) is 2.92. The summed E-state index contributed by atoms with van der Waals surface area (Å²) >= 11 is 0. The van der Waals surface area contributed by atoms with Gasteiger partial charge in [0.2, 0.25) is 5.91 Å². The summed E-state index contributed by atoms with van der Waals surface area (Å²) < 4.78 is 86.4. The first-order valence-electron chi connectivity index (χ1n) is 13.2. The molecule has 3 aromatic rings.